The summed E-state index contributed by atoms with van der Waals surface area (Å²) >= 11 is 18.3. The first-order chi connectivity index (χ1) is 9.99. The summed E-state index contributed by atoms with van der Waals surface area (Å²) in [7, 11) is 0. The quantitative estimate of drug-likeness (QED) is 0.760. The van der Waals surface area contributed by atoms with Crippen LogP contribution in [0.1, 0.15) is 30.6 Å². The first-order valence-electron chi connectivity index (χ1n) is 7.16. The zero-order valence-corrected chi connectivity index (χ0v) is 14.5. The number of likely N-dealkylation sites (N-methyl/N-ethyl adjacent to an activating group) is 1. The second kappa shape index (κ2) is 7.19. The largest absolute Gasteiger partial charge is 0.337 e. The van der Waals surface area contributed by atoms with Crippen LogP contribution in [-0.2, 0) is 0 Å². The molecule has 0 aromatic heterocycles. The molecule has 0 N–H and O–H groups in total. The fraction of sp³-hybridized carbons (Fsp3) is 0.533. The third-order valence-corrected chi connectivity index (χ3v) is 5.16. The van der Waals surface area contributed by atoms with Gasteiger partial charge in [-0.1, -0.05) is 48.7 Å². The Kier molecular flexibility index (Phi) is 5.78. The summed E-state index contributed by atoms with van der Waals surface area (Å²) in [6.45, 7) is 7.68. The number of rotatable bonds is 4. The molecule has 1 aliphatic heterocycles. The third-order valence-electron chi connectivity index (χ3n) is 4.04. The molecule has 1 heterocycles. The molecule has 0 aliphatic carbocycles. The average molecular weight is 350 g/mol. The lowest BCUT2D eigenvalue weighted by molar-refractivity contribution is 0.0778. The lowest BCUT2D eigenvalue weighted by Crippen LogP contribution is -2.38. The Bertz CT molecular complexity index is 532. The van der Waals surface area contributed by atoms with Crippen LogP contribution < -0.4 is 0 Å². The fourth-order valence-corrected chi connectivity index (χ4v) is 3.54. The number of hydrogen-bond acceptors (Lipinski definition) is 2. The number of halogens is 3. The Hall–Kier alpha value is -0.480. The van der Waals surface area contributed by atoms with Gasteiger partial charge in [0.15, 0.2) is 0 Å². The highest BCUT2D eigenvalue weighted by Gasteiger charge is 2.31. The van der Waals surface area contributed by atoms with Gasteiger partial charge in [0.25, 0.3) is 5.91 Å². The van der Waals surface area contributed by atoms with Crippen LogP contribution in [0.3, 0.4) is 0 Å². The summed E-state index contributed by atoms with van der Waals surface area (Å²) in [6.07, 6.45) is 0.975. The van der Waals surface area contributed by atoms with Gasteiger partial charge >= 0.3 is 0 Å². The summed E-state index contributed by atoms with van der Waals surface area (Å²) in [5.74, 6) is -0.137. The van der Waals surface area contributed by atoms with Crippen molar-refractivity contribution in [3.05, 3.63) is 32.8 Å². The van der Waals surface area contributed by atoms with E-state index in [1.54, 1.807) is 12.1 Å². The van der Waals surface area contributed by atoms with Crippen LogP contribution >= 0.6 is 34.8 Å². The minimum absolute atomic E-state index is 0.137. The van der Waals surface area contributed by atoms with Gasteiger partial charge in [0, 0.05) is 19.1 Å². The maximum absolute atomic E-state index is 12.7. The molecular formula is C15H19Cl3N2O. The van der Waals surface area contributed by atoms with Crippen molar-refractivity contribution >= 4 is 40.7 Å². The SMILES string of the molecule is CCN(CC)C1CCN(C(=O)c2c(Cl)ccc(Cl)c2Cl)C1. The Morgan fingerprint density at radius 3 is 2.48 bits per heavy atom. The number of likely N-dealkylation sites (tertiary alicyclic amines) is 1. The first kappa shape index (κ1) is 16.9. The van der Waals surface area contributed by atoms with Crippen LogP contribution in [0.25, 0.3) is 0 Å². The van der Waals surface area contributed by atoms with E-state index in [2.05, 4.69) is 18.7 Å². The highest BCUT2D eigenvalue weighted by atomic mass is 35.5. The topological polar surface area (TPSA) is 23.6 Å². The molecule has 1 atom stereocenters. The van der Waals surface area contributed by atoms with Crippen molar-refractivity contribution in [1.29, 1.82) is 0 Å². The van der Waals surface area contributed by atoms with Gasteiger partial charge in [0.05, 0.1) is 20.6 Å². The third kappa shape index (κ3) is 3.48. The lowest BCUT2D eigenvalue weighted by Gasteiger charge is -2.26. The number of amides is 1. The van der Waals surface area contributed by atoms with Crippen molar-refractivity contribution in [3.63, 3.8) is 0 Å². The van der Waals surface area contributed by atoms with Gasteiger partial charge in [-0.05, 0) is 31.6 Å². The molecule has 0 bridgehead atoms. The molecule has 3 nitrogen and oxygen atoms in total. The van der Waals surface area contributed by atoms with Gasteiger partial charge in [0.2, 0.25) is 0 Å². The summed E-state index contributed by atoms with van der Waals surface area (Å²) in [4.78, 5) is 16.8. The summed E-state index contributed by atoms with van der Waals surface area (Å²) in [5, 5.41) is 0.935. The molecular weight excluding hydrogens is 331 g/mol. The molecule has 1 aliphatic rings. The van der Waals surface area contributed by atoms with Crippen molar-refractivity contribution in [2.45, 2.75) is 26.3 Å². The first-order valence-corrected chi connectivity index (χ1v) is 8.29. The maximum atomic E-state index is 12.7. The zero-order chi connectivity index (χ0) is 15.6. The molecule has 1 amide bonds. The summed E-state index contributed by atoms with van der Waals surface area (Å²) in [6, 6.07) is 3.62. The van der Waals surface area contributed by atoms with Crippen LogP contribution in [0.2, 0.25) is 15.1 Å². The van der Waals surface area contributed by atoms with Crippen LogP contribution in [0.5, 0.6) is 0 Å². The molecule has 1 unspecified atom stereocenters. The van der Waals surface area contributed by atoms with Crippen molar-refractivity contribution in [1.82, 2.24) is 9.80 Å². The van der Waals surface area contributed by atoms with E-state index in [-0.39, 0.29) is 10.9 Å². The molecule has 1 saturated heterocycles. The zero-order valence-electron chi connectivity index (χ0n) is 12.2. The molecule has 2 rings (SSSR count). The Morgan fingerprint density at radius 2 is 1.86 bits per heavy atom. The van der Waals surface area contributed by atoms with Gasteiger partial charge in [-0.25, -0.2) is 0 Å². The fourth-order valence-electron chi connectivity index (χ4n) is 2.85. The lowest BCUT2D eigenvalue weighted by atomic mass is 10.2. The van der Waals surface area contributed by atoms with Gasteiger partial charge in [-0.3, -0.25) is 9.69 Å². The van der Waals surface area contributed by atoms with E-state index in [4.69, 9.17) is 34.8 Å². The Morgan fingerprint density at radius 1 is 1.24 bits per heavy atom. The average Bonchev–Trinajstić information content (AvgIpc) is 2.94. The number of nitrogens with zero attached hydrogens (tertiary/aromatic N) is 2. The second-order valence-electron chi connectivity index (χ2n) is 5.13. The van der Waals surface area contributed by atoms with E-state index in [1.807, 2.05) is 4.90 Å². The van der Waals surface area contributed by atoms with Crippen molar-refractivity contribution in [3.8, 4) is 0 Å². The molecule has 6 heteroatoms. The molecule has 0 saturated carbocycles. The van der Waals surface area contributed by atoms with E-state index in [9.17, 15) is 4.79 Å². The number of hydrogen-bond donors (Lipinski definition) is 0. The van der Waals surface area contributed by atoms with Crippen LogP contribution in [0, 0.1) is 0 Å². The summed E-state index contributed by atoms with van der Waals surface area (Å²) < 4.78 is 0. The highest BCUT2D eigenvalue weighted by Crippen LogP contribution is 2.33. The Labute approximate surface area is 140 Å². The number of benzene rings is 1. The smallest absolute Gasteiger partial charge is 0.256 e. The molecule has 0 radical (unpaired) electrons. The minimum Gasteiger partial charge on any atom is -0.337 e. The van der Waals surface area contributed by atoms with Gasteiger partial charge in [0.1, 0.15) is 0 Å². The molecule has 21 heavy (non-hydrogen) atoms. The van der Waals surface area contributed by atoms with Crippen molar-refractivity contribution in [2.75, 3.05) is 26.2 Å². The molecule has 1 fully saturated rings. The molecule has 1 aromatic rings. The molecule has 0 spiro atoms. The second-order valence-corrected chi connectivity index (χ2v) is 6.33. The minimum atomic E-state index is -0.137. The van der Waals surface area contributed by atoms with Crippen LogP contribution in [0.4, 0.5) is 0 Å². The number of carbonyl (C=O) groups is 1. The van der Waals surface area contributed by atoms with Gasteiger partial charge in [-0.2, -0.15) is 0 Å². The highest BCUT2D eigenvalue weighted by molar-refractivity contribution is 6.46. The van der Waals surface area contributed by atoms with Crippen LogP contribution in [-0.4, -0.2) is 47.9 Å². The van der Waals surface area contributed by atoms with E-state index >= 15 is 0 Å². The summed E-state index contributed by atoms with van der Waals surface area (Å²) in [5.41, 5.74) is 0.311. The monoisotopic (exact) mass is 348 g/mol. The standard InChI is InChI=1S/C15H19Cl3N2O/c1-3-19(4-2)10-7-8-20(9-10)15(21)13-11(16)5-6-12(17)14(13)18/h5-6,10H,3-4,7-9H2,1-2H3. The van der Waals surface area contributed by atoms with Crippen molar-refractivity contribution < 1.29 is 4.79 Å². The van der Waals surface area contributed by atoms with Gasteiger partial charge < -0.3 is 4.90 Å². The Balaban J connectivity index is 2.18. The predicted octanol–water partition coefficient (Wildman–Crippen LogP) is 4.20. The van der Waals surface area contributed by atoms with E-state index in [0.717, 1.165) is 26.1 Å². The van der Waals surface area contributed by atoms with E-state index in [0.29, 0.717) is 28.2 Å². The molecule has 116 valence electrons. The predicted molar refractivity (Wildman–Crippen MR) is 88.7 cm³/mol. The normalized spacial score (nSPS) is 18.6. The van der Waals surface area contributed by atoms with Crippen LogP contribution in [0.15, 0.2) is 12.1 Å². The number of carbonyl (C=O) groups excluding carboxylic acids is 1. The van der Waals surface area contributed by atoms with Gasteiger partial charge in [-0.15, -0.1) is 0 Å². The van der Waals surface area contributed by atoms with E-state index < -0.39 is 0 Å². The van der Waals surface area contributed by atoms with Crippen molar-refractivity contribution in [2.24, 2.45) is 0 Å². The maximum Gasteiger partial charge on any atom is 0.256 e. The molecule has 1 aromatic carbocycles. The van der Waals surface area contributed by atoms with E-state index in [1.165, 1.54) is 0 Å².